The molecule has 2 aromatic heterocycles. The summed E-state index contributed by atoms with van der Waals surface area (Å²) in [5.41, 5.74) is 11.2. The average molecular weight is 495 g/mol. The molecule has 0 saturated carbocycles. The lowest BCUT2D eigenvalue weighted by Crippen LogP contribution is -2.32. The summed E-state index contributed by atoms with van der Waals surface area (Å²) < 4.78 is 0. The van der Waals surface area contributed by atoms with Crippen molar-refractivity contribution in [2.45, 2.75) is 38.5 Å². The Bertz CT molecular complexity index is 1480. The molecule has 0 aliphatic carbocycles. The quantitative estimate of drug-likeness (QED) is 0.246. The Morgan fingerprint density at radius 2 is 0.895 bits per heavy atom. The van der Waals surface area contributed by atoms with Crippen LogP contribution in [0.25, 0.3) is 0 Å². The van der Waals surface area contributed by atoms with Gasteiger partial charge in [0.05, 0.1) is 34.1 Å². The van der Waals surface area contributed by atoms with Gasteiger partial charge in [-0.05, 0) is 93.4 Å². The van der Waals surface area contributed by atoms with E-state index in [1.54, 1.807) is 0 Å². The van der Waals surface area contributed by atoms with Crippen LogP contribution in [0.2, 0.25) is 0 Å². The minimum Gasteiger partial charge on any atom is -0.308 e. The molecule has 0 bridgehead atoms. The van der Waals surface area contributed by atoms with E-state index >= 15 is 0 Å². The summed E-state index contributed by atoms with van der Waals surface area (Å²) >= 11 is 0. The minimum atomic E-state index is -0.191. The molecule has 186 valence electrons. The second-order valence-corrected chi connectivity index (χ2v) is 11.2. The molecule has 0 amide bonds. The third kappa shape index (κ3) is 3.10. The summed E-state index contributed by atoms with van der Waals surface area (Å²) in [4.78, 5) is 14.5. The first kappa shape index (κ1) is 22.7. The van der Waals surface area contributed by atoms with Crippen molar-refractivity contribution in [2.24, 2.45) is 0 Å². The van der Waals surface area contributed by atoms with E-state index in [1.165, 1.54) is 22.5 Å². The van der Waals surface area contributed by atoms with Crippen molar-refractivity contribution in [1.82, 2.24) is 9.97 Å². The van der Waals surface area contributed by atoms with Crippen LogP contribution in [0, 0.1) is 0 Å². The zero-order chi connectivity index (χ0) is 26.1. The molecule has 38 heavy (non-hydrogen) atoms. The van der Waals surface area contributed by atoms with Crippen LogP contribution in [0.15, 0.2) is 109 Å². The van der Waals surface area contributed by atoms with Crippen molar-refractivity contribution < 1.29 is 0 Å². The van der Waals surface area contributed by atoms with E-state index in [9.17, 15) is 0 Å². The maximum atomic E-state index is 4.87. The van der Waals surface area contributed by atoms with Crippen LogP contribution in [0.1, 0.15) is 50.2 Å². The number of hydrogen-bond acceptors (Lipinski definition) is 4. The number of fused-ring (bicyclic) bond motifs is 4. The molecule has 4 heteroatoms. The second-order valence-electron chi connectivity index (χ2n) is 11.2. The molecule has 4 heterocycles. The smallest absolute Gasteiger partial charge is 0.0744 e. The monoisotopic (exact) mass is 494 g/mol. The molecule has 0 spiro atoms. The molecule has 4 nitrogen and oxygen atoms in total. The van der Waals surface area contributed by atoms with E-state index in [1.807, 2.05) is 24.5 Å². The summed E-state index contributed by atoms with van der Waals surface area (Å²) in [7, 11) is 0. The van der Waals surface area contributed by atoms with Gasteiger partial charge in [0, 0.05) is 34.6 Å². The highest BCUT2D eigenvalue weighted by Gasteiger charge is 2.39. The fourth-order valence-corrected chi connectivity index (χ4v) is 6.35. The van der Waals surface area contributed by atoms with Gasteiger partial charge in [-0.15, -0.1) is 0 Å². The van der Waals surface area contributed by atoms with Gasteiger partial charge in [0.2, 0.25) is 0 Å². The molecule has 0 unspecified atom stereocenters. The van der Waals surface area contributed by atoms with Gasteiger partial charge >= 0.3 is 0 Å². The fourth-order valence-electron chi connectivity index (χ4n) is 6.35. The van der Waals surface area contributed by atoms with Crippen molar-refractivity contribution in [2.75, 3.05) is 9.80 Å². The van der Waals surface area contributed by atoms with Crippen LogP contribution in [-0.2, 0) is 10.8 Å². The first-order chi connectivity index (χ1) is 18.4. The SMILES string of the molecule is CC1(C)c2ccccc2N(c2cccc(N3c4ccccc4C(C)(C)c4ncccc43)c2)c2cccnc21. The van der Waals surface area contributed by atoms with Gasteiger partial charge in [0.15, 0.2) is 0 Å². The van der Waals surface area contributed by atoms with Gasteiger partial charge in [-0.2, -0.15) is 0 Å². The van der Waals surface area contributed by atoms with Crippen LogP contribution in [-0.4, -0.2) is 9.97 Å². The standard InChI is InChI=1S/C34H30N4/c1-33(2)25-14-5-7-16-27(25)37(29-18-10-20-35-31(29)33)23-12-9-13-24(22-23)38-28-17-8-6-15-26(28)34(3,4)32-30(38)19-11-21-36-32/h5-22H,1-4H3. The molecule has 0 radical (unpaired) electrons. The molecule has 0 N–H and O–H groups in total. The van der Waals surface area contributed by atoms with Crippen molar-refractivity contribution in [1.29, 1.82) is 0 Å². The predicted molar refractivity (Wildman–Crippen MR) is 156 cm³/mol. The summed E-state index contributed by atoms with van der Waals surface area (Å²) in [6.07, 6.45) is 3.80. The molecule has 2 aliphatic heterocycles. The number of benzene rings is 3. The lowest BCUT2D eigenvalue weighted by Gasteiger charge is -2.42. The van der Waals surface area contributed by atoms with Crippen molar-refractivity contribution in [3.8, 4) is 0 Å². The fraction of sp³-hybridized carbons (Fsp3) is 0.176. The third-order valence-corrected chi connectivity index (χ3v) is 8.22. The van der Waals surface area contributed by atoms with E-state index in [2.05, 4.69) is 122 Å². The van der Waals surface area contributed by atoms with Crippen LogP contribution < -0.4 is 9.80 Å². The molecule has 0 saturated heterocycles. The highest BCUT2D eigenvalue weighted by atomic mass is 15.2. The van der Waals surface area contributed by atoms with E-state index in [-0.39, 0.29) is 10.8 Å². The number of anilines is 6. The van der Waals surface area contributed by atoms with Gasteiger partial charge in [0.25, 0.3) is 0 Å². The number of para-hydroxylation sites is 2. The first-order valence-electron chi connectivity index (χ1n) is 13.2. The summed E-state index contributed by atoms with van der Waals surface area (Å²) in [6, 6.07) is 34.7. The van der Waals surface area contributed by atoms with Crippen molar-refractivity contribution in [3.63, 3.8) is 0 Å². The summed E-state index contributed by atoms with van der Waals surface area (Å²) in [5, 5.41) is 0. The van der Waals surface area contributed by atoms with E-state index in [0.29, 0.717) is 0 Å². The molecular formula is C34H30N4. The number of hydrogen-bond donors (Lipinski definition) is 0. The Morgan fingerprint density at radius 1 is 0.474 bits per heavy atom. The lowest BCUT2D eigenvalue weighted by molar-refractivity contribution is 0.608. The van der Waals surface area contributed by atoms with Gasteiger partial charge in [0.1, 0.15) is 0 Å². The predicted octanol–water partition coefficient (Wildman–Crippen LogP) is 8.69. The highest BCUT2D eigenvalue weighted by Crippen LogP contribution is 2.53. The number of aromatic nitrogens is 2. The van der Waals surface area contributed by atoms with Gasteiger partial charge < -0.3 is 9.80 Å². The topological polar surface area (TPSA) is 32.3 Å². The zero-order valence-corrected chi connectivity index (χ0v) is 22.2. The molecule has 0 atom stereocenters. The highest BCUT2D eigenvalue weighted by molar-refractivity contribution is 5.89. The van der Waals surface area contributed by atoms with Crippen LogP contribution in [0.4, 0.5) is 34.1 Å². The molecule has 7 rings (SSSR count). The maximum Gasteiger partial charge on any atom is 0.0744 e. The van der Waals surface area contributed by atoms with E-state index in [4.69, 9.17) is 9.97 Å². The molecule has 3 aromatic carbocycles. The Morgan fingerprint density at radius 3 is 1.37 bits per heavy atom. The Hall–Kier alpha value is -4.44. The second kappa shape index (κ2) is 8.03. The number of pyridine rings is 2. The molecule has 0 fully saturated rings. The molecule has 2 aliphatic rings. The number of rotatable bonds is 2. The largest absolute Gasteiger partial charge is 0.308 e. The van der Waals surface area contributed by atoms with Gasteiger partial charge in [-0.1, -0.05) is 42.5 Å². The maximum absolute atomic E-state index is 4.87. The van der Waals surface area contributed by atoms with Crippen LogP contribution >= 0.6 is 0 Å². The summed E-state index contributed by atoms with van der Waals surface area (Å²) in [5.74, 6) is 0. The van der Waals surface area contributed by atoms with Crippen molar-refractivity contribution in [3.05, 3.63) is 132 Å². The van der Waals surface area contributed by atoms with E-state index < -0.39 is 0 Å². The minimum absolute atomic E-state index is 0.191. The lowest BCUT2D eigenvalue weighted by atomic mass is 9.76. The zero-order valence-electron chi connectivity index (χ0n) is 22.2. The Kier molecular flexibility index (Phi) is 4.80. The summed E-state index contributed by atoms with van der Waals surface area (Å²) in [6.45, 7) is 9.06. The normalized spacial score (nSPS) is 16.2. The van der Waals surface area contributed by atoms with E-state index in [0.717, 1.165) is 34.1 Å². The van der Waals surface area contributed by atoms with Crippen molar-refractivity contribution >= 4 is 34.1 Å². The number of nitrogens with zero attached hydrogens (tertiary/aromatic N) is 4. The molecular weight excluding hydrogens is 464 g/mol. The van der Waals surface area contributed by atoms with Gasteiger partial charge in [-0.3, -0.25) is 9.97 Å². The molecule has 5 aromatic rings. The van der Waals surface area contributed by atoms with Crippen LogP contribution in [0.5, 0.6) is 0 Å². The first-order valence-corrected chi connectivity index (χ1v) is 13.2. The average Bonchev–Trinajstić information content (AvgIpc) is 2.94. The Balaban J connectivity index is 1.45. The third-order valence-electron chi connectivity index (χ3n) is 8.22. The Labute approximate surface area is 224 Å². The van der Waals surface area contributed by atoms with Gasteiger partial charge in [-0.25, -0.2) is 0 Å². The van der Waals surface area contributed by atoms with Crippen LogP contribution in [0.3, 0.4) is 0 Å².